The fraction of sp³-hybridized carbons (Fsp3) is 0.933. The van der Waals surface area contributed by atoms with Crippen molar-refractivity contribution in [2.75, 3.05) is 32.8 Å². The number of nitrogens with one attached hydrogen (secondary N) is 2. The van der Waals surface area contributed by atoms with Crippen LogP contribution in [0.3, 0.4) is 0 Å². The van der Waals surface area contributed by atoms with Gasteiger partial charge in [0.1, 0.15) is 0 Å². The van der Waals surface area contributed by atoms with E-state index in [2.05, 4.69) is 29.4 Å². The average molecular weight is 408 g/mol. The van der Waals surface area contributed by atoms with E-state index in [0.717, 1.165) is 38.1 Å². The summed E-state index contributed by atoms with van der Waals surface area (Å²) in [5, 5.41) is 6.83. The van der Waals surface area contributed by atoms with E-state index >= 15 is 0 Å². The zero-order valence-corrected chi connectivity index (χ0v) is 15.5. The van der Waals surface area contributed by atoms with E-state index in [9.17, 15) is 0 Å². The molecule has 21 heavy (non-hydrogen) atoms. The number of ether oxygens (including phenoxy) is 1. The van der Waals surface area contributed by atoms with Gasteiger partial charge in [-0.1, -0.05) is 6.92 Å². The van der Waals surface area contributed by atoms with Gasteiger partial charge in [0.2, 0.25) is 0 Å². The molecule has 4 unspecified atom stereocenters. The van der Waals surface area contributed by atoms with Crippen molar-refractivity contribution in [3.8, 4) is 0 Å². The van der Waals surface area contributed by atoms with E-state index < -0.39 is 0 Å². The van der Waals surface area contributed by atoms with Gasteiger partial charge in [0, 0.05) is 25.2 Å². The molecule has 0 bridgehead atoms. The number of morpholine rings is 1. The molecular weight excluding hydrogens is 379 g/mol. The molecule has 2 saturated heterocycles. The maximum absolute atomic E-state index is 5.96. The SMILES string of the molecule is CCNC(=NCC1CN2CCCC2CO1)NC1CC1C.I. The van der Waals surface area contributed by atoms with E-state index in [0.29, 0.717) is 12.1 Å². The van der Waals surface area contributed by atoms with Crippen molar-refractivity contribution in [1.29, 1.82) is 0 Å². The Bertz CT molecular complexity index is 366. The molecule has 1 saturated carbocycles. The minimum atomic E-state index is 0. The summed E-state index contributed by atoms with van der Waals surface area (Å²) in [5.41, 5.74) is 0. The van der Waals surface area contributed by atoms with Crippen molar-refractivity contribution in [2.45, 2.75) is 51.3 Å². The molecule has 1 aliphatic carbocycles. The van der Waals surface area contributed by atoms with Gasteiger partial charge in [0.15, 0.2) is 5.96 Å². The molecule has 6 heteroatoms. The molecule has 0 aromatic carbocycles. The van der Waals surface area contributed by atoms with Crippen LogP contribution >= 0.6 is 24.0 Å². The predicted octanol–water partition coefficient (Wildman–Crippen LogP) is 1.43. The van der Waals surface area contributed by atoms with Crippen LogP contribution in [0.4, 0.5) is 0 Å². The highest BCUT2D eigenvalue weighted by Gasteiger charge is 2.34. The van der Waals surface area contributed by atoms with E-state index in [1.165, 1.54) is 25.8 Å². The number of halogens is 1. The lowest BCUT2D eigenvalue weighted by Crippen LogP contribution is -2.47. The second kappa shape index (κ2) is 7.97. The van der Waals surface area contributed by atoms with Crippen molar-refractivity contribution in [3.63, 3.8) is 0 Å². The Kier molecular flexibility index (Phi) is 6.55. The van der Waals surface area contributed by atoms with Crippen LogP contribution in [0.5, 0.6) is 0 Å². The Morgan fingerprint density at radius 2 is 2.24 bits per heavy atom. The summed E-state index contributed by atoms with van der Waals surface area (Å²) >= 11 is 0. The lowest BCUT2D eigenvalue weighted by molar-refractivity contribution is -0.0432. The first kappa shape index (κ1) is 17.3. The highest BCUT2D eigenvalue weighted by Crippen LogP contribution is 2.28. The third-order valence-electron chi connectivity index (χ3n) is 4.69. The van der Waals surface area contributed by atoms with Crippen LogP contribution in [-0.4, -0.2) is 61.8 Å². The normalized spacial score (nSPS) is 35.8. The fourth-order valence-electron chi connectivity index (χ4n) is 3.21. The van der Waals surface area contributed by atoms with Crippen LogP contribution in [0.25, 0.3) is 0 Å². The summed E-state index contributed by atoms with van der Waals surface area (Å²) in [6, 6.07) is 1.29. The molecule has 122 valence electrons. The zero-order valence-electron chi connectivity index (χ0n) is 13.2. The number of hydrogen-bond acceptors (Lipinski definition) is 3. The van der Waals surface area contributed by atoms with Gasteiger partial charge in [-0.3, -0.25) is 9.89 Å². The fourth-order valence-corrected chi connectivity index (χ4v) is 3.21. The Hall–Kier alpha value is -0.0800. The Balaban J connectivity index is 0.00000161. The van der Waals surface area contributed by atoms with E-state index in [4.69, 9.17) is 9.73 Å². The maximum atomic E-state index is 5.96. The van der Waals surface area contributed by atoms with Gasteiger partial charge in [0.05, 0.1) is 19.3 Å². The van der Waals surface area contributed by atoms with Crippen molar-refractivity contribution in [1.82, 2.24) is 15.5 Å². The molecule has 4 atom stereocenters. The molecule has 2 N–H and O–H groups in total. The number of fused-ring (bicyclic) bond motifs is 1. The molecule has 0 spiro atoms. The van der Waals surface area contributed by atoms with Gasteiger partial charge >= 0.3 is 0 Å². The summed E-state index contributed by atoms with van der Waals surface area (Å²) in [7, 11) is 0. The highest BCUT2D eigenvalue weighted by atomic mass is 127. The largest absolute Gasteiger partial charge is 0.373 e. The number of rotatable bonds is 4. The first-order chi connectivity index (χ1) is 9.76. The summed E-state index contributed by atoms with van der Waals surface area (Å²) < 4.78 is 5.96. The minimum Gasteiger partial charge on any atom is -0.373 e. The maximum Gasteiger partial charge on any atom is 0.191 e. The van der Waals surface area contributed by atoms with Gasteiger partial charge < -0.3 is 15.4 Å². The van der Waals surface area contributed by atoms with Gasteiger partial charge in [-0.2, -0.15) is 0 Å². The first-order valence-corrected chi connectivity index (χ1v) is 8.16. The molecule has 3 rings (SSSR count). The highest BCUT2D eigenvalue weighted by molar-refractivity contribution is 14.0. The second-order valence-electron chi connectivity index (χ2n) is 6.43. The van der Waals surface area contributed by atoms with Crippen LogP contribution in [-0.2, 0) is 4.74 Å². The second-order valence-corrected chi connectivity index (χ2v) is 6.43. The predicted molar refractivity (Wildman–Crippen MR) is 96.4 cm³/mol. The molecule has 0 amide bonds. The van der Waals surface area contributed by atoms with Gasteiger partial charge in [0.25, 0.3) is 0 Å². The van der Waals surface area contributed by atoms with Crippen LogP contribution in [0.1, 0.15) is 33.1 Å². The lowest BCUT2D eigenvalue weighted by Gasteiger charge is -2.34. The number of hydrogen-bond donors (Lipinski definition) is 2. The van der Waals surface area contributed by atoms with Crippen molar-refractivity contribution in [2.24, 2.45) is 10.9 Å². The number of aliphatic imine (C=N–C) groups is 1. The van der Waals surface area contributed by atoms with Crippen molar-refractivity contribution in [3.05, 3.63) is 0 Å². The Morgan fingerprint density at radius 1 is 1.43 bits per heavy atom. The monoisotopic (exact) mass is 408 g/mol. The summed E-state index contributed by atoms with van der Waals surface area (Å²) in [5.74, 6) is 1.74. The Labute approximate surface area is 145 Å². The molecular formula is C15H29IN4O. The minimum absolute atomic E-state index is 0. The molecule has 0 aromatic heterocycles. The molecule has 0 radical (unpaired) electrons. The van der Waals surface area contributed by atoms with Crippen molar-refractivity contribution >= 4 is 29.9 Å². The van der Waals surface area contributed by atoms with Crippen LogP contribution in [0.15, 0.2) is 4.99 Å². The summed E-state index contributed by atoms with van der Waals surface area (Å²) in [4.78, 5) is 7.29. The number of guanidine groups is 1. The van der Waals surface area contributed by atoms with Crippen molar-refractivity contribution < 1.29 is 4.74 Å². The van der Waals surface area contributed by atoms with E-state index in [1.54, 1.807) is 0 Å². The van der Waals surface area contributed by atoms with Gasteiger partial charge in [-0.15, -0.1) is 24.0 Å². The number of nitrogens with zero attached hydrogens (tertiary/aromatic N) is 2. The topological polar surface area (TPSA) is 48.9 Å². The van der Waals surface area contributed by atoms with Crippen LogP contribution < -0.4 is 10.6 Å². The molecule has 2 aliphatic heterocycles. The van der Waals surface area contributed by atoms with Gasteiger partial charge in [-0.25, -0.2) is 0 Å². The molecule has 2 heterocycles. The standard InChI is InChI=1S/C15H28N4O.HI/c1-3-16-15(18-14-7-11(14)2)17-8-13-9-19-6-4-5-12(19)10-20-13;/h11-14H,3-10H2,1-2H3,(H2,16,17,18);1H. The van der Waals surface area contributed by atoms with E-state index in [1.807, 2.05) is 0 Å². The van der Waals surface area contributed by atoms with Crippen LogP contribution in [0.2, 0.25) is 0 Å². The Morgan fingerprint density at radius 3 is 2.95 bits per heavy atom. The zero-order chi connectivity index (χ0) is 13.9. The third-order valence-corrected chi connectivity index (χ3v) is 4.69. The quantitative estimate of drug-likeness (QED) is 0.420. The summed E-state index contributed by atoms with van der Waals surface area (Å²) in [6.07, 6.45) is 4.16. The average Bonchev–Trinajstić information content (AvgIpc) is 2.95. The third kappa shape index (κ3) is 4.69. The summed E-state index contributed by atoms with van der Waals surface area (Å²) in [6.45, 7) is 9.24. The van der Waals surface area contributed by atoms with Gasteiger partial charge in [-0.05, 0) is 38.6 Å². The molecule has 0 aromatic rings. The first-order valence-electron chi connectivity index (χ1n) is 8.16. The van der Waals surface area contributed by atoms with E-state index in [-0.39, 0.29) is 30.1 Å². The molecule has 5 nitrogen and oxygen atoms in total. The van der Waals surface area contributed by atoms with Crippen LogP contribution in [0, 0.1) is 5.92 Å². The lowest BCUT2D eigenvalue weighted by atomic mass is 10.2. The molecule has 3 fully saturated rings. The molecule has 3 aliphatic rings. The smallest absolute Gasteiger partial charge is 0.191 e.